The van der Waals surface area contributed by atoms with Crippen molar-refractivity contribution in [3.8, 4) is 11.1 Å². The van der Waals surface area contributed by atoms with Gasteiger partial charge in [-0.05, 0) is 62.1 Å². The first kappa shape index (κ1) is 23.2. The highest BCUT2D eigenvalue weighted by Crippen LogP contribution is 2.30. The molecule has 190 valence electrons. The lowest BCUT2D eigenvalue weighted by Gasteiger charge is -2.23. The third kappa shape index (κ3) is 5.03. The summed E-state index contributed by atoms with van der Waals surface area (Å²) in [5, 5.41) is 15.0. The molecule has 3 N–H and O–H groups in total. The predicted molar refractivity (Wildman–Crippen MR) is 139 cm³/mol. The molecule has 4 heterocycles. The van der Waals surface area contributed by atoms with Gasteiger partial charge in [0, 0.05) is 49.6 Å². The lowest BCUT2D eigenvalue weighted by molar-refractivity contribution is 0.0699. The SMILES string of the molecule is Cc1cc(-c2cnn3c(NCC4CCOCC4)cc(N[C@H]4CCOC4)nc23)ccc1C(=O)NC1CC1. The Balaban J connectivity index is 1.31. The maximum Gasteiger partial charge on any atom is 0.251 e. The minimum atomic E-state index is 0.00408. The van der Waals surface area contributed by atoms with Crippen LogP contribution in [0.1, 0.15) is 48.0 Å². The molecule has 9 heteroatoms. The van der Waals surface area contributed by atoms with E-state index in [2.05, 4.69) is 22.0 Å². The molecule has 1 saturated carbocycles. The minimum absolute atomic E-state index is 0.00408. The van der Waals surface area contributed by atoms with Crippen LogP contribution in [-0.2, 0) is 9.47 Å². The van der Waals surface area contributed by atoms with Crippen LogP contribution in [0.5, 0.6) is 0 Å². The number of hydrogen-bond donors (Lipinski definition) is 3. The van der Waals surface area contributed by atoms with E-state index in [1.54, 1.807) is 0 Å². The molecule has 2 aromatic heterocycles. The van der Waals surface area contributed by atoms with Crippen molar-refractivity contribution >= 4 is 23.2 Å². The third-order valence-corrected chi connectivity index (χ3v) is 7.36. The van der Waals surface area contributed by atoms with Crippen LogP contribution < -0.4 is 16.0 Å². The van der Waals surface area contributed by atoms with Crippen LogP contribution in [0.15, 0.2) is 30.5 Å². The van der Waals surface area contributed by atoms with Gasteiger partial charge >= 0.3 is 0 Å². The molecule has 3 aromatic rings. The molecule has 0 spiro atoms. The van der Waals surface area contributed by atoms with E-state index in [-0.39, 0.29) is 11.9 Å². The summed E-state index contributed by atoms with van der Waals surface area (Å²) in [6.07, 6.45) is 7.11. The molecule has 1 aliphatic carbocycles. The highest BCUT2D eigenvalue weighted by molar-refractivity contribution is 5.97. The fourth-order valence-electron chi connectivity index (χ4n) is 5.00. The molecule has 3 fully saturated rings. The first-order valence-electron chi connectivity index (χ1n) is 13.1. The van der Waals surface area contributed by atoms with Crippen molar-refractivity contribution in [1.82, 2.24) is 19.9 Å². The molecule has 36 heavy (non-hydrogen) atoms. The molecule has 0 bridgehead atoms. The number of rotatable bonds is 8. The second kappa shape index (κ2) is 10.1. The molecule has 1 amide bonds. The van der Waals surface area contributed by atoms with Crippen molar-refractivity contribution in [2.75, 3.05) is 43.6 Å². The van der Waals surface area contributed by atoms with Gasteiger partial charge in [-0.1, -0.05) is 12.1 Å². The number of nitrogens with zero attached hydrogens (tertiary/aromatic N) is 3. The highest BCUT2D eigenvalue weighted by atomic mass is 16.5. The van der Waals surface area contributed by atoms with Crippen LogP contribution in [0.25, 0.3) is 16.8 Å². The maximum atomic E-state index is 12.6. The summed E-state index contributed by atoms with van der Waals surface area (Å²) in [5.74, 6) is 2.31. The largest absolute Gasteiger partial charge is 0.381 e. The Morgan fingerprint density at radius 1 is 1.06 bits per heavy atom. The number of hydrogen-bond acceptors (Lipinski definition) is 7. The number of benzene rings is 1. The van der Waals surface area contributed by atoms with Crippen LogP contribution in [0.4, 0.5) is 11.6 Å². The van der Waals surface area contributed by atoms with Crippen molar-refractivity contribution in [3.05, 3.63) is 41.6 Å². The Morgan fingerprint density at radius 3 is 2.64 bits per heavy atom. The predicted octanol–water partition coefficient (Wildman–Crippen LogP) is 3.64. The number of amides is 1. The second-order valence-electron chi connectivity index (χ2n) is 10.2. The summed E-state index contributed by atoms with van der Waals surface area (Å²) < 4.78 is 13.0. The topological polar surface area (TPSA) is 102 Å². The van der Waals surface area contributed by atoms with E-state index in [9.17, 15) is 4.79 Å². The fraction of sp³-hybridized carbons (Fsp3) is 0.519. The zero-order chi connectivity index (χ0) is 24.5. The molecule has 9 nitrogen and oxygen atoms in total. The van der Waals surface area contributed by atoms with Crippen LogP contribution in [-0.4, -0.2) is 65.6 Å². The molecule has 2 aliphatic heterocycles. The zero-order valence-electron chi connectivity index (χ0n) is 20.8. The first-order chi connectivity index (χ1) is 17.6. The van der Waals surface area contributed by atoms with E-state index in [0.29, 0.717) is 18.6 Å². The van der Waals surface area contributed by atoms with Gasteiger partial charge in [-0.3, -0.25) is 4.79 Å². The molecular weight excluding hydrogens is 456 g/mol. The van der Waals surface area contributed by atoms with Gasteiger partial charge in [-0.2, -0.15) is 9.61 Å². The molecule has 1 aromatic carbocycles. The van der Waals surface area contributed by atoms with E-state index in [1.165, 1.54) is 0 Å². The molecule has 3 aliphatic rings. The number of nitrogens with one attached hydrogen (secondary N) is 3. The number of carbonyl (C=O) groups excluding carboxylic acids is 1. The highest BCUT2D eigenvalue weighted by Gasteiger charge is 2.25. The summed E-state index contributed by atoms with van der Waals surface area (Å²) in [6, 6.07) is 8.59. The fourth-order valence-corrected chi connectivity index (χ4v) is 5.00. The lowest BCUT2D eigenvalue weighted by atomic mass is 10.0. The average molecular weight is 491 g/mol. The third-order valence-electron chi connectivity index (χ3n) is 7.36. The Labute approximate surface area is 211 Å². The van der Waals surface area contributed by atoms with Crippen molar-refractivity contribution < 1.29 is 14.3 Å². The van der Waals surface area contributed by atoms with E-state index in [0.717, 1.165) is 98.0 Å². The second-order valence-corrected chi connectivity index (χ2v) is 10.2. The minimum Gasteiger partial charge on any atom is -0.381 e. The normalized spacial score (nSPS) is 20.5. The standard InChI is InChI=1S/C27H34N6O3/c1-17-12-19(2-5-22(17)27(34)31-20-3-4-20)23-15-29-33-25(28-14-18-6-9-35-10-7-18)13-24(32-26(23)33)30-21-8-11-36-16-21/h2,5,12-13,15,18,20-21,28H,3-4,6-11,14,16H2,1H3,(H,30,32)(H,31,34)/t21-/m0/s1. The average Bonchev–Trinajstić information content (AvgIpc) is 3.36. The Hall–Kier alpha value is -3.17. The number of carbonyl (C=O) groups is 1. The first-order valence-corrected chi connectivity index (χ1v) is 13.1. The van der Waals surface area contributed by atoms with Crippen molar-refractivity contribution in [1.29, 1.82) is 0 Å². The number of fused-ring (bicyclic) bond motifs is 1. The molecule has 6 rings (SSSR count). The van der Waals surface area contributed by atoms with E-state index in [1.807, 2.05) is 35.8 Å². The van der Waals surface area contributed by atoms with E-state index in [4.69, 9.17) is 19.6 Å². The Bertz CT molecular complexity index is 1240. The number of anilines is 2. The summed E-state index contributed by atoms with van der Waals surface area (Å²) in [7, 11) is 0. The molecular formula is C27H34N6O3. The van der Waals surface area contributed by atoms with Crippen molar-refractivity contribution in [3.63, 3.8) is 0 Å². The van der Waals surface area contributed by atoms with Crippen molar-refractivity contribution in [2.24, 2.45) is 5.92 Å². The Kier molecular flexibility index (Phi) is 6.50. The monoisotopic (exact) mass is 490 g/mol. The summed E-state index contributed by atoms with van der Waals surface area (Å²) in [6.45, 7) is 5.96. The number of aryl methyl sites for hydroxylation is 1. The van der Waals surface area contributed by atoms with Gasteiger partial charge in [0.25, 0.3) is 5.91 Å². The van der Waals surface area contributed by atoms with E-state index >= 15 is 0 Å². The van der Waals surface area contributed by atoms with Gasteiger partial charge in [0.2, 0.25) is 0 Å². The summed E-state index contributed by atoms with van der Waals surface area (Å²) >= 11 is 0. The van der Waals surface area contributed by atoms with Gasteiger partial charge in [-0.15, -0.1) is 0 Å². The molecule has 1 atom stereocenters. The van der Waals surface area contributed by atoms with Crippen LogP contribution in [0.3, 0.4) is 0 Å². The van der Waals surface area contributed by atoms with Gasteiger partial charge in [0.1, 0.15) is 11.6 Å². The summed E-state index contributed by atoms with van der Waals surface area (Å²) in [4.78, 5) is 17.6. The lowest BCUT2D eigenvalue weighted by Crippen LogP contribution is -2.26. The van der Waals surface area contributed by atoms with Gasteiger partial charge < -0.3 is 25.4 Å². The number of aromatic nitrogens is 3. The van der Waals surface area contributed by atoms with Gasteiger partial charge in [0.15, 0.2) is 5.65 Å². The Morgan fingerprint density at radius 2 is 1.89 bits per heavy atom. The molecule has 0 unspecified atom stereocenters. The van der Waals surface area contributed by atoms with Crippen molar-refractivity contribution in [2.45, 2.75) is 51.1 Å². The quantitative estimate of drug-likeness (QED) is 0.443. The smallest absolute Gasteiger partial charge is 0.251 e. The van der Waals surface area contributed by atoms with Crippen LogP contribution in [0, 0.1) is 12.8 Å². The van der Waals surface area contributed by atoms with Crippen LogP contribution >= 0.6 is 0 Å². The van der Waals surface area contributed by atoms with Gasteiger partial charge in [0.05, 0.1) is 18.8 Å². The summed E-state index contributed by atoms with van der Waals surface area (Å²) in [5.41, 5.74) is 4.38. The van der Waals surface area contributed by atoms with Gasteiger partial charge in [-0.25, -0.2) is 4.98 Å². The number of ether oxygens (including phenoxy) is 2. The van der Waals surface area contributed by atoms with Crippen LogP contribution in [0.2, 0.25) is 0 Å². The zero-order valence-corrected chi connectivity index (χ0v) is 20.8. The molecule has 0 radical (unpaired) electrons. The van der Waals surface area contributed by atoms with E-state index < -0.39 is 0 Å². The maximum absolute atomic E-state index is 12.6. The molecule has 2 saturated heterocycles.